The van der Waals surface area contributed by atoms with Crippen molar-refractivity contribution in [1.29, 1.82) is 0 Å². The van der Waals surface area contributed by atoms with Gasteiger partial charge in [-0.1, -0.05) is 12.1 Å². The second kappa shape index (κ2) is 5.77. The molecule has 0 unspecified atom stereocenters. The Bertz CT molecular complexity index is 766. The molecule has 0 N–H and O–H groups in total. The summed E-state index contributed by atoms with van der Waals surface area (Å²) in [7, 11) is 3.33. The summed E-state index contributed by atoms with van der Waals surface area (Å²) in [5, 5.41) is 0. The Morgan fingerprint density at radius 3 is 2.33 bits per heavy atom. The molecule has 0 fully saturated rings. The van der Waals surface area contributed by atoms with E-state index >= 15 is 0 Å². The first-order valence-electron chi connectivity index (χ1n) is 6.54. The fraction of sp³-hybridized carbons (Fsp3) is 0.188. The molecule has 0 atom stereocenters. The summed E-state index contributed by atoms with van der Waals surface area (Å²) < 4.78 is 13.4. The largest absolute Gasteiger partial charge is 0.497 e. The molecule has 5 heteroatoms. The summed E-state index contributed by atoms with van der Waals surface area (Å²) in [6.07, 6.45) is 2.69. The van der Waals surface area contributed by atoms with Crippen LogP contribution in [0.15, 0.2) is 47.2 Å². The topological polar surface area (TPSA) is 35.8 Å². The van der Waals surface area contributed by atoms with Gasteiger partial charge in [0.15, 0.2) is 0 Å². The van der Waals surface area contributed by atoms with E-state index in [1.54, 1.807) is 14.2 Å². The van der Waals surface area contributed by atoms with Crippen LogP contribution >= 0.6 is 15.9 Å². The van der Waals surface area contributed by atoms with Crippen molar-refractivity contribution in [2.75, 3.05) is 14.2 Å². The molecule has 0 spiro atoms. The van der Waals surface area contributed by atoms with Gasteiger partial charge in [-0.25, -0.2) is 4.98 Å². The van der Waals surface area contributed by atoms with Crippen LogP contribution in [0, 0.1) is 0 Å². The van der Waals surface area contributed by atoms with Gasteiger partial charge in [-0.05, 0) is 45.8 Å². The summed E-state index contributed by atoms with van der Waals surface area (Å²) in [6, 6.07) is 11.9. The minimum absolute atomic E-state index is 0.740. The van der Waals surface area contributed by atoms with E-state index in [0.717, 1.165) is 33.9 Å². The number of nitrogens with zero attached hydrogens (tertiary/aromatic N) is 2. The number of imidazole rings is 1. The van der Waals surface area contributed by atoms with E-state index in [1.165, 1.54) is 5.56 Å². The van der Waals surface area contributed by atoms with Crippen LogP contribution in [0.1, 0.15) is 11.4 Å². The van der Waals surface area contributed by atoms with Gasteiger partial charge < -0.3 is 9.47 Å². The molecule has 2 aromatic heterocycles. The third kappa shape index (κ3) is 2.74. The second-order valence-electron chi connectivity index (χ2n) is 4.67. The zero-order chi connectivity index (χ0) is 14.8. The molecule has 2 heterocycles. The van der Waals surface area contributed by atoms with Crippen molar-refractivity contribution in [2.24, 2.45) is 0 Å². The average Bonchev–Trinajstić information content (AvgIpc) is 2.83. The van der Waals surface area contributed by atoms with E-state index < -0.39 is 0 Å². The maximum Gasteiger partial charge on any atom is 0.135 e. The lowest BCUT2D eigenvalue weighted by Gasteiger charge is -2.05. The summed E-state index contributed by atoms with van der Waals surface area (Å²) in [5.41, 5.74) is 2.21. The highest BCUT2D eigenvalue weighted by atomic mass is 79.9. The molecule has 3 aromatic rings. The van der Waals surface area contributed by atoms with E-state index in [1.807, 2.05) is 47.0 Å². The number of pyridine rings is 1. The van der Waals surface area contributed by atoms with E-state index in [-0.39, 0.29) is 0 Å². The quantitative estimate of drug-likeness (QED) is 0.722. The predicted molar refractivity (Wildman–Crippen MR) is 85.2 cm³/mol. The van der Waals surface area contributed by atoms with Crippen molar-refractivity contribution in [2.45, 2.75) is 6.42 Å². The molecule has 0 amide bonds. The predicted octanol–water partition coefficient (Wildman–Crippen LogP) is 3.70. The first-order valence-corrected chi connectivity index (χ1v) is 7.34. The van der Waals surface area contributed by atoms with Crippen molar-refractivity contribution in [3.8, 4) is 11.5 Å². The van der Waals surface area contributed by atoms with Gasteiger partial charge in [0.2, 0.25) is 0 Å². The number of aromatic nitrogens is 2. The van der Waals surface area contributed by atoms with Gasteiger partial charge in [-0.3, -0.25) is 4.40 Å². The number of methoxy groups -OCH3 is 2. The Labute approximate surface area is 131 Å². The number of hydrogen-bond donors (Lipinski definition) is 0. The normalized spacial score (nSPS) is 10.8. The molecule has 0 aliphatic rings. The van der Waals surface area contributed by atoms with Crippen LogP contribution in [-0.4, -0.2) is 23.6 Å². The maximum absolute atomic E-state index is 5.29. The number of ether oxygens (including phenoxy) is 2. The smallest absolute Gasteiger partial charge is 0.135 e. The Balaban J connectivity index is 1.98. The molecule has 0 bridgehead atoms. The number of hydrogen-bond acceptors (Lipinski definition) is 3. The lowest BCUT2D eigenvalue weighted by molar-refractivity contribution is 0.412. The monoisotopic (exact) mass is 346 g/mol. The maximum atomic E-state index is 5.29. The highest BCUT2D eigenvalue weighted by molar-refractivity contribution is 9.10. The summed E-state index contributed by atoms with van der Waals surface area (Å²) in [6.45, 7) is 0. The first-order chi connectivity index (χ1) is 10.2. The van der Waals surface area contributed by atoms with Crippen LogP contribution in [-0.2, 0) is 6.42 Å². The average molecular weight is 347 g/mol. The third-order valence-corrected chi connectivity index (χ3v) is 3.98. The van der Waals surface area contributed by atoms with Crippen molar-refractivity contribution in [1.82, 2.24) is 9.38 Å². The number of benzene rings is 1. The molecule has 0 aliphatic carbocycles. The second-order valence-corrected chi connectivity index (χ2v) is 5.42. The van der Waals surface area contributed by atoms with E-state index in [0.29, 0.717) is 0 Å². The molecule has 0 aliphatic heterocycles. The van der Waals surface area contributed by atoms with Crippen LogP contribution < -0.4 is 9.47 Å². The van der Waals surface area contributed by atoms with Crippen molar-refractivity contribution >= 4 is 21.4 Å². The molecule has 4 nitrogen and oxygen atoms in total. The van der Waals surface area contributed by atoms with Crippen LogP contribution in [0.4, 0.5) is 0 Å². The van der Waals surface area contributed by atoms with Gasteiger partial charge in [-0.2, -0.15) is 0 Å². The molecule has 108 valence electrons. The van der Waals surface area contributed by atoms with Crippen molar-refractivity contribution < 1.29 is 9.47 Å². The number of halogens is 1. The fourth-order valence-electron chi connectivity index (χ4n) is 2.26. The number of fused-ring (bicyclic) bond motifs is 1. The van der Waals surface area contributed by atoms with Crippen LogP contribution in [0.2, 0.25) is 0 Å². The zero-order valence-corrected chi connectivity index (χ0v) is 13.4. The van der Waals surface area contributed by atoms with Crippen LogP contribution in [0.5, 0.6) is 11.5 Å². The van der Waals surface area contributed by atoms with E-state index in [2.05, 4.69) is 20.9 Å². The van der Waals surface area contributed by atoms with Crippen LogP contribution in [0.3, 0.4) is 0 Å². The Morgan fingerprint density at radius 1 is 1.00 bits per heavy atom. The molecule has 21 heavy (non-hydrogen) atoms. The Morgan fingerprint density at radius 2 is 1.67 bits per heavy atom. The molecule has 0 saturated carbocycles. The van der Waals surface area contributed by atoms with E-state index in [9.17, 15) is 0 Å². The molecular weight excluding hydrogens is 332 g/mol. The molecule has 0 saturated heterocycles. The Hall–Kier alpha value is -2.01. The highest BCUT2D eigenvalue weighted by Crippen LogP contribution is 2.24. The highest BCUT2D eigenvalue weighted by Gasteiger charge is 2.10. The standard InChI is InChI=1S/C16H15BrN2O2/c1-20-12-5-3-11(4-6-12)9-15-18-16(17)14-8-7-13(21-2)10-19(14)15/h3-8,10H,9H2,1-2H3. The molecule has 0 radical (unpaired) electrons. The minimum Gasteiger partial charge on any atom is -0.497 e. The van der Waals surface area contributed by atoms with Gasteiger partial charge in [0.1, 0.15) is 21.9 Å². The molecule has 1 aromatic carbocycles. The molecular formula is C16H15BrN2O2. The van der Waals surface area contributed by atoms with Gasteiger partial charge in [-0.15, -0.1) is 0 Å². The fourth-order valence-corrected chi connectivity index (χ4v) is 2.79. The first kappa shape index (κ1) is 13.9. The SMILES string of the molecule is COc1ccc(Cc2nc(Br)c3ccc(OC)cn23)cc1. The van der Waals surface area contributed by atoms with Crippen molar-refractivity contribution in [3.05, 3.63) is 58.6 Å². The lowest BCUT2D eigenvalue weighted by Crippen LogP contribution is -1.97. The third-order valence-electron chi connectivity index (χ3n) is 3.39. The van der Waals surface area contributed by atoms with Crippen LogP contribution in [0.25, 0.3) is 5.52 Å². The molecule has 3 rings (SSSR count). The van der Waals surface area contributed by atoms with Crippen molar-refractivity contribution in [3.63, 3.8) is 0 Å². The summed E-state index contributed by atoms with van der Waals surface area (Å²) in [4.78, 5) is 4.60. The van der Waals surface area contributed by atoms with E-state index in [4.69, 9.17) is 9.47 Å². The lowest BCUT2D eigenvalue weighted by atomic mass is 10.1. The summed E-state index contributed by atoms with van der Waals surface area (Å²) in [5.74, 6) is 2.62. The Kier molecular flexibility index (Phi) is 3.84. The zero-order valence-electron chi connectivity index (χ0n) is 11.8. The number of rotatable bonds is 4. The van der Waals surface area contributed by atoms with Gasteiger partial charge in [0.25, 0.3) is 0 Å². The van der Waals surface area contributed by atoms with Gasteiger partial charge >= 0.3 is 0 Å². The van der Waals surface area contributed by atoms with Gasteiger partial charge in [0, 0.05) is 6.42 Å². The van der Waals surface area contributed by atoms with Gasteiger partial charge in [0.05, 0.1) is 25.9 Å². The summed E-state index contributed by atoms with van der Waals surface area (Å²) >= 11 is 3.51. The minimum atomic E-state index is 0.740.